The molecule has 1 N–H and O–H groups in total. The predicted molar refractivity (Wildman–Crippen MR) is 125 cm³/mol. The molecule has 1 aromatic heterocycles. The van der Waals surface area contributed by atoms with E-state index in [2.05, 4.69) is 71.6 Å². The highest BCUT2D eigenvalue weighted by Crippen LogP contribution is 2.52. The van der Waals surface area contributed by atoms with Crippen LogP contribution in [-0.4, -0.2) is 34.5 Å². The Balaban J connectivity index is 1.75. The van der Waals surface area contributed by atoms with Gasteiger partial charge in [-0.3, -0.25) is 9.78 Å². The third kappa shape index (κ3) is 2.85. The minimum Gasteiger partial charge on any atom is -0.362 e. The first-order valence-corrected chi connectivity index (χ1v) is 11.2. The van der Waals surface area contributed by atoms with Crippen molar-refractivity contribution in [2.45, 2.75) is 57.7 Å². The minimum absolute atomic E-state index is 0.0713. The SMILES string of the molecule is CC[C@@]1(c2cccc(-c3ccnc(C)c3)c2)C2=CN=NC2NC2=C1C(=O)N(C)C(C)(C)C2. The summed E-state index contributed by atoms with van der Waals surface area (Å²) < 4.78 is 0. The number of benzene rings is 1. The van der Waals surface area contributed by atoms with Crippen LogP contribution in [0.3, 0.4) is 0 Å². The quantitative estimate of drug-likeness (QED) is 0.759. The number of likely N-dealkylation sites (N-methyl/N-ethyl adjacent to an activating group) is 1. The number of pyridine rings is 1. The molecule has 0 saturated heterocycles. The van der Waals surface area contributed by atoms with Gasteiger partial charge in [0.05, 0.1) is 17.2 Å². The summed E-state index contributed by atoms with van der Waals surface area (Å²) in [6.45, 7) is 8.37. The lowest BCUT2D eigenvalue weighted by molar-refractivity contribution is -0.132. The van der Waals surface area contributed by atoms with Crippen LogP contribution in [0.25, 0.3) is 11.1 Å². The Morgan fingerprint density at radius 2 is 1.97 bits per heavy atom. The van der Waals surface area contributed by atoms with E-state index in [1.807, 2.05) is 37.3 Å². The van der Waals surface area contributed by atoms with Crippen molar-refractivity contribution in [3.63, 3.8) is 0 Å². The van der Waals surface area contributed by atoms with Crippen molar-refractivity contribution in [1.29, 1.82) is 0 Å². The number of hydrogen-bond acceptors (Lipinski definition) is 5. The summed E-state index contributed by atoms with van der Waals surface area (Å²) in [7, 11) is 1.91. The maximum Gasteiger partial charge on any atom is 0.252 e. The topological polar surface area (TPSA) is 70.0 Å². The maximum atomic E-state index is 13.8. The van der Waals surface area contributed by atoms with E-state index in [1.54, 1.807) is 0 Å². The highest BCUT2D eigenvalue weighted by Gasteiger charge is 2.54. The summed E-state index contributed by atoms with van der Waals surface area (Å²) in [5.74, 6) is 0.0713. The Morgan fingerprint density at radius 3 is 2.72 bits per heavy atom. The summed E-state index contributed by atoms with van der Waals surface area (Å²) in [4.78, 5) is 20.1. The van der Waals surface area contributed by atoms with Crippen LogP contribution in [0.2, 0.25) is 0 Å². The van der Waals surface area contributed by atoms with Crippen LogP contribution in [0.5, 0.6) is 0 Å². The number of nitrogens with one attached hydrogen (secondary N) is 1. The Labute approximate surface area is 189 Å². The summed E-state index contributed by atoms with van der Waals surface area (Å²) >= 11 is 0. The molecule has 5 rings (SSSR count). The van der Waals surface area contributed by atoms with Crippen molar-refractivity contribution in [3.8, 4) is 11.1 Å². The number of rotatable bonds is 3. The number of fused-ring (bicyclic) bond motifs is 1. The predicted octanol–water partition coefficient (Wildman–Crippen LogP) is 4.88. The summed E-state index contributed by atoms with van der Waals surface area (Å²) in [5.41, 5.74) is 6.34. The second-order valence-electron chi connectivity index (χ2n) is 9.59. The van der Waals surface area contributed by atoms with E-state index in [4.69, 9.17) is 0 Å². The molecule has 6 nitrogen and oxygen atoms in total. The molecule has 1 amide bonds. The van der Waals surface area contributed by atoms with Crippen LogP contribution in [0.15, 0.2) is 75.9 Å². The number of aryl methyl sites for hydroxylation is 1. The third-order valence-electron chi connectivity index (χ3n) is 7.36. The fraction of sp³-hybridized carbons (Fsp3) is 0.385. The molecule has 2 aromatic rings. The second kappa shape index (κ2) is 7.12. The van der Waals surface area contributed by atoms with Gasteiger partial charge >= 0.3 is 0 Å². The first-order valence-electron chi connectivity index (χ1n) is 11.2. The van der Waals surface area contributed by atoms with Gasteiger partial charge in [0.2, 0.25) is 0 Å². The molecule has 6 heteroatoms. The number of carbonyl (C=O) groups is 1. The molecule has 0 spiro atoms. The van der Waals surface area contributed by atoms with Crippen molar-refractivity contribution in [3.05, 3.63) is 76.9 Å². The van der Waals surface area contributed by atoms with Crippen molar-refractivity contribution in [1.82, 2.24) is 15.2 Å². The Bertz CT molecular complexity index is 1210. The van der Waals surface area contributed by atoms with Gasteiger partial charge in [-0.05, 0) is 62.1 Å². The van der Waals surface area contributed by atoms with E-state index in [-0.39, 0.29) is 17.6 Å². The molecule has 32 heavy (non-hydrogen) atoms. The van der Waals surface area contributed by atoms with Gasteiger partial charge in [-0.1, -0.05) is 25.1 Å². The molecule has 1 unspecified atom stereocenters. The van der Waals surface area contributed by atoms with Gasteiger partial charge in [0, 0.05) is 42.2 Å². The van der Waals surface area contributed by atoms with E-state index >= 15 is 0 Å². The van der Waals surface area contributed by atoms with Gasteiger partial charge in [-0.25, -0.2) is 0 Å². The fourth-order valence-corrected chi connectivity index (χ4v) is 5.41. The number of azo groups is 1. The summed E-state index contributed by atoms with van der Waals surface area (Å²) in [5, 5.41) is 12.3. The first-order chi connectivity index (χ1) is 15.3. The summed E-state index contributed by atoms with van der Waals surface area (Å²) in [6, 6.07) is 12.7. The van der Waals surface area contributed by atoms with Gasteiger partial charge in [0.1, 0.15) is 0 Å². The van der Waals surface area contributed by atoms with E-state index < -0.39 is 5.41 Å². The zero-order chi connectivity index (χ0) is 22.7. The molecular formula is C26H29N5O. The number of carbonyl (C=O) groups excluding carboxylic acids is 1. The summed E-state index contributed by atoms with van der Waals surface area (Å²) in [6.07, 6.45) is 4.97. The van der Waals surface area contributed by atoms with Crippen LogP contribution in [0.4, 0.5) is 0 Å². The van der Waals surface area contributed by atoms with Crippen LogP contribution in [-0.2, 0) is 10.2 Å². The molecule has 3 aliphatic rings. The third-order valence-corrected chi connectivity index (χ3v) is 7.36. The molecule has 0 bridgehead atoms. The fourth-order valence-electron chi connectivity index (χ4n) is 5.41. The van der Waals surface area contributed by atoms with Crippen LogP contribution < -0.4 is 5.32 Å². The molecule has 0 aliphatic carbocycles. The Morgan fingerprint density at radius 1 is 1.19 bits per heavy atom. The molecule has 0 saturated carbocycles. The molecule has 2 atom stereocenters. The monoisotopic (exact) mass is 427 g/mol. The van der Waals surface area contributed by atoms with E-state index in [9.17, 15) is 4.79 Å². The maximum absolute atomic E-state index is 13.8. The van der Waals surface area contributed by atoms with Crippen LogP contribution in [0, 0.1) is 6.92 Å². The number of hydrogen-bond donors (Lipinski definition) is 1. The molecule has 1 aromatic carbocycles. The number of amides is 1. The smallest absolute Gasteiger partial charge is 0.252 e. The van der Waals surface area contributed by atoms with E-state index in [1.165, 1.54) is 0 Å². The van der Waals surface area contributed by atoms with Gasteiger partial charge in [0.25, 0.3) is 5.91 Å². The van der Waals surface area contributed by atoms with Gasteiger partial charge < -0.3 is 10.2 Å². The molecule has 164 valence electrons. The van der Waals surface area contributed by atoms with Crippen molar-refractivity contribution < 1.29 is 4.79 Å². The normalized spacial score (nSPS) is 25.9. The number of nitrogens with zero attached hydrogens (tertiary/aromatic N) is 4. The zero-order valence-corrected chi connectivity index (χ0v) is 19.3. The first kappa shape index (κ1) is 20.6. The minimum atomic E-state index is -0.575. The molecule has 4 heterocycles. The molecule has 0 radical (unpaired) electrons. The van der Waals surface area contributed by atoms with Gasteiger partial charge in [-0.2, -0.15) is 10.2 Å². The zero-order valence-electron chi connectivity index (χ0n) is 19.3. The lowest BCUT2D eigenvalue weighted by Crippen LogP contribution is -2.58. The van der Waals surface area contributed by atoms with Gasteiger partial charge in [0.15, 0.2) is 6.17 Å². The standard InChI is InChI=1S/C26H29N5O/c1-6-26(19-9-7-8-17(13-19)18-10-11-27-16(2)12-18)20-15-28-30-23(20)29-21-14-25(3,4)31(5)24(32)22(21)26/h7-13,15,23,29H,6,14H2,1-5H3/t23?,26-/m1/s1. The lowest BCUT2D eigenvalue weighted by Gasteiger charge is -2.51. The average Bonchev–Trinajstić information content (AvgIpc) is 3.25. The molecule has 0 fully saturated rings. The van der Waals surface area contributed by atoms with Crippen LogP contribution in [0.1, 0.15) is 44.9 Å². The Hall–Kier alpha value is -3.28. The lowest BCUT2D eigenvalue weighted by atomic mass is 9.61. The van der Waals surface area contributed by atoms with Crippen LogP contribution >= 0.6 is 0 Å². The Kier molecular flexibility index (Phi) is 4.59. The molecular weight excluding hydrogens is 398 g/mol. The van der Waals surface area contributed by atoms with Crippen molar-refractivity contribution in [2.24, 2.45) is 10.2 Å². The largest absolute Gasteiger partial charge is 0.362 e. The average molecular weight is 428 g/mol. The molecule has 3 aliphatic heterocycles. The van der Waals surface area contributed by atoms with Gasteiger partial charge in [-0.15, -0.1) is 0 Å². The second-order valence-corrected chi connectivity index (χ2v) is 9.59. The van der Waals surface area contributed by atoms with Crippen molar-refractivity contribution >= 4 is 5.91 Å². The van der Waals surface area contributed by atoms with E-state index in [0.29, 0.717) is 0 Å². The highest BCUT2D eigenvalue weighted by atomic mass is 16.2. The highest BCUT2D eigenvalue weighted by molar-refractivity contribution is 6.00. The van der Waals surface area contributed by atoms with Crippen molar-refractivity contribution in [2.75, 3.05) is 7.05 Å². The van der Waals surface area contributed by atoms with E-state index in [0.717, 1.165) is 52.1 Å². The number of aromatic nitrogens is 1.